The molecule has 0 aromatic heterocycles. The number of nitro groups is 1. The van der Waals surface area contributed by atoms with E-state index in [0.29, 0.717) is 38.4 Å². The summed E-state index contributed by atoms with van der Waals surface area (Å²) in [6.45, 7) is 1.15. The zero-order valence-electron chi connectivity index (χ0n) is 11.6. The summed E-state index contributed by atoms with van der Waals surface area (Å²) in [5, 5.41) is 11.2. The van der Waals surface area contributed by atoms with Crippen LogP contribution in [-0.4, -0.2) is 37.3 Å². The van der Waals surface area contributed by atoms with Crippen molar-refractivity contribution < 1.29 is 13.3 Å². The van der Waals surface area contributed by atoms with E-state index in [0.717, 1.165) is 12.1 Å². The first-order valence-corrected chi connectivity index (χ1v) is 8.32. The summed E-state index contributed by atoms with van der Waals surface area (Å²) in [6, 6.07) is 3.55. The molecule has 0 unspecified atom stereocenters. The lowest BCUT2D eigenvalue weighted by Crippen LogP contribution is -2.40. The minimum atomic E-state index is -3.93. The number of hydrogen-bond acceptors (Lipinski definition) is 5. The molecule has 1 aromatic rings. The van der Waals surface area contributed by atoms with E-state index in [1.807, 2.05) is 0 Å². The molecule has 10 heteroatoms. The van der Waals surface area contributed by atoms with Gasteiger partial charge >= 0.3 is 0 Å². The van der Waals surface area contributed by atoms with Crippen molar-refractivity contribution in [2.75, 3.05) is 19.6 Å². The molecule has 1 heterocycles. The maximum Gasteiger partial charge on any atom is 0.289 e. The van der Waals surface area contributed by atoms with Crippen LogP contribution in [0.1, 0.15) is 12.8 Å². The number of nitrogens with zero attached hydrogens (tertiary/aromatic N) is 2. The van der Waals surface area contributed by atoms with E-state index in [4.69, 9.17) is 17.3 Å². The molecule has 22 heavy (non-hydrogen) atoms. The first-order valence-electron chi connectivity index (χ1n) is 6.50. The van der Waals surface area contributed by atoms with Gasteiger partial charge in [0.25, 0.3) is 5.69 Å². The monoisotopic (exact) mass is 369 g/mol. The highest BCUT2D eigenvalue weighted by Gasteiger charge is 2.34. The summed E-state index contributed by atoms with van der Waals surface area (Å²) in [5.41, 5.74) is 5.12. The van der Waals surface area contributed by atoms with Crippen LogP contribution >= 0.6 is 24.0 Å². The molecule has 0 atom stereocenters. The van der Waals surface area contributed by atoms with Crippen molar-refractivity contribution in [1.82, 2.24) is 4.31 Å². The van der Waals surface area contributed by atoms with Gasteiger partial charge in [-0.05, 0) is 37.4 Å². The summed E-state index contributed by atoms with van der Waals surface area (Å²) < 4.78 is 26.4. The van der Waals surface area contributed by atoms with E-state index in [1.54, 1.807) is 0 Å². The Labute approximate surface area is 140 Å². The minimum Gasteiger partial charge on any atom is -0.330 e. The van der Waals surface area contributed by atoms with Crippen molar-refractivity contribution in [2.24, 2.45) is 11.7 Å². The Hall–Kier alpha value is -0.930. The molecule has 0 aliphatic carbocycles. The molecule has 0 bridgehead atoms. The largest absolute Gasteiger partial charge is 0.330 e. The Kier molecular flexibility index (Phi) is 6.57. The lowest BCUT2D eigenvalue weighted by molar-refractivity contribution is -0.387. The van der Waals surface area contributed by atoms with Crippen LogP contribution in [0.5, 0.6) is 0 Å². The second-order valence-corrected chi connectivity index (χ2v) is 7.30. The highest BCUT2D eigenvalue weighted by molar-refractivity contribution is 7.89. The van der Waals surface area contributed by atoms with Crippen LogP contribution in [-0.2, 0) is 10.0 Å². The Balaban J connectivity index is 0.00000242. The maximum atomic E-state index is 12.6. The molecule has 1 fully saturated rings. The molecule has 0 saturated carbocycles. The second-order valence-electron chi connectivity index (χ2n) is 4.95. The average Bonchev–Trinajstić information content (AvgIpc) is 2.47. The van der Waals surface area contributed by atoms with Crippen LogP contribution < -0.4 is 5.73 Å². The number of nitrogens with two attached hydrogens (primary N) is 1. The molecule has 1 aromatic carbocycles. The Morgan fingerprint density at radius 2 is 1.95 bits per heavy atom. The number of hydrogen-bond donors (Lipinski definition) is 1. The van der Waals surface area contributed by atoms with Gasteiger partial charge in [0.1, 0.15) is 0 Å². The van der Waals surface area contributed by atoms with Gasteiger partial charge in [0.2, 0.25) is 10.0 Å². The molecule has 0 amide bonds. The Morgan fingerprint density at radius 3 is 2.45 bits per heavy atom. The predicted octanol–water partition coefficient (Wildman–Crippen LogP) is 2.03. The fourth-order valence-electron chi connectivity index (χ4n) is 2.37. The van der Waals surface area contributed by atoms with Gasteiger partial charge in [-0.25, -0.2) is 8.42 Å². The summed E-state index contributed by atoms with van der Waals surface area (Å²) in [7, 11) is -3.93. The highest BCUT2D eigenvalue weighted by atomic mass is 35.5. The van der Waals surface area contributed by atoms with Crippen LogP contribution in [0.3, 0.4) is 0 Å². The van der Waals surface area contributed by atoms with E-state index in [-0.39, 0.29) is 22.3 Å². The van der Waals surface area contributed by atoms with E-state index < -0.39 is 20.6 Å². The van der Waals surface area contributed by atoms with Gasteiger partial charge in [-0.3, -0.25) is 10.1 Å². The van der Waals surface area contributed by atoms with Crippen LogP contribution in [0.15, 0.2) is 23.1 Å². The van der Waals surface area contributed by atoms with E-state index in [2.05, 4.69) is 0 Å². The van der Waals surface area contributed by atoms with E-state index >= 15 is 0 Å². The Morgan fingerprint density at radius 1 is 1.36 bits per heavy atom. The van der Waals surface area contributed by atoms with Gasteiger partial charge in [-0.2, -0.15) is 4.31 Å². The van der Waals surface area contributed by atoms with Crippen LogP contribution in [0.4, 0.5) is 5.69 Å². The van der Waals surface area contributed by atoms with E-state index in [1.165, 1.54) is 10.4 Å². The van der Waals surface area contributed by atoms with Gasteiger partial charge in [-0.15, -0.1) is 12.4 Å². The molecule has 0 radical (unpaired) electrons. The van der Waals surface area contributed by atoms with Crippen LogP contribution in [0.25, 0.3) is 0 Å². The lowest BCUT2D eigenvalue weighted by Gasteiger charge is -2.30. The summed E-state index contributed by atoms with van der Waals surface area (Å²) >= 11 is 5.79. The SMILES string of the molecule is Cl.NCC1CCN(S(=O)(=O)c2cc(Cl)ccc2[N+](=O)[O-])CC1. The van der Waals surface area contributed by atoms with Crippen molar-refractivity contribution in [3.8, 4) is 0 Å². The highest BCUT2D eigenvalue weighted by Crippen LogP contribution is 2.31. The standard InChI is InChI=1S/C12H16ClN3O4S.ClH/c13-10-1-2-11(16(17)18)12(7-10)21(19,20)15-5-3-9(8-14)4-6-15;/h1-2,7,9H,3-6,8,14H2;1H. The third-order valence-electron chi connectivity index (χ3n) is 3.64. The molecule has 2 N–H and O–H groups in total. The topological polar surface area (TPSA) is 107 Å². The van der Waals surface area contributed by atoms with Crippen molar-refractivity contribution in [3.05, 3.63) is 33.3 Å². The molecule has 1 aliphatic heterocycles. The third kappa shape index (κ3) is 3.88. The second kappa shape index (κ2) is 7.56. The quantitative estimate of drug-likeness (QED) is 0.645. The third-order valence-corrected chi connectivity index (χ3v) is 5.81. The Bertz CT molecular complexity index is 646. The molecular weight excluding hydrogens is 353 g/mol. The number of nitro benzene ring substituents is 1. The fourth-order valence-corrected chi connectivity index (χ4v) is 4.26. The molecule has 124 valence electrons. The average molecular weight is 370 g/mol. The van der Waals surface area contributed by atoms with Gasteiger partial charge in [0.05, 0.1) is 4.92 Å². The van der Waals surface area contributed by atoms with Crippen molar-refractivity contribution in [3.63, 3.8) is 0 Å². The predicted molar refractivity (Wildman–Crippen MR) is 85.9 cm³/mol. The summed E-state index contributed by atoms with van der Waals surface area (Å²) in [5.74, 6) is 0.297. The van der Waals surface area contributed by atoms with Crippen molar-refractivity contribution >= 4 is 39.7 Å². The lowest BCUT2D eigenvalue weighted by atomic mass is 9.99. The van der Waals surface area contributed by atoms with Gasteiger partial charge in [-0.1, -0.05) is 11.6 Å². The minimum absolute atomic E-state index is 0. The van der Waals surface area contributed by atoms with E-state index in [9.17, 15) is 18.5 Å². The summed E-state index contributed by atoms with van der Waals surface area (Å²) in [4.78, 5) is 9.96. The molecule has 1 saturated heterocycles. The number of rotatable bonds is 4. The smallest absolute Gasteiger partial charge is 0.289 e. The molecule has 7 nitrogen and oxygen atoms in total. The summed E-state index contributed by atoms with van der Waals surface area (Å²) in [6.07, 6.45) is 1.31. The van der Waals surface area contributed by atoms with Gasteiger partial charge in [0.15, 0.2) is 4.90 Å². The molecule has 2 rings (SSSR count). The fraction of sp³-hybridized carbons (Fsp3) is 0.500. The number of sulfonamides is 1. The number of piperidine rings is 1. The van der Waals surface area contributed by atoms with Crippen LogP contribution in [0.2, 0.25) is 5.02 Å². The van der Waals surface area contributed by atoms with Crippen molar-refractivity contribution in [2.45, 2.75) is 17.7 Å². The maximum absolute atomic E-state index is 12.6. The first-order chi connectivity index (χ1) is 9.86. The zero-order chi connectivity index (χ0) is 15.6. The van der Waals surface area contributed by atoms with Gasteiger partial charge < -0.3 is 5.73 Å². The van der Waals surface area contributed by atoms with Crippen molar-refractivity contribution in [1.29, 1.82) is 0 Å². The van der Waals surface area contributed by atoms with Crippen LogP contribution in [0, 0.1) is 16.0 Å². The molecule has 0 spiro atoms. The van der Waals surface area contributed by atoms with Gasteiger partial charge in [0, 0.05) is 24.2 Å². The number of benzene rings is 1. The molecule has 1 aliphatic rings. The number of halogens is 2. The normalized spacial score (nSPS) is 17.0. The zero-order valence-corrected chi connectivity index (χ0v) is 14.0. The first kappa shape index (κ1) is 19.1. The molecular formula is C12H17Cl2N3O4S.